The van der Waals surface area contributed by atoms with Gasteiger partial charge in [0.1, 0.15) is 0 Å². The Labute approximate surface area is 99.6 Å². The number of nitriles is 1. The molecule has 2 aliphatic rings. The maximum Gasteiger partial charge on any atom is 0.0672 e. The molecule has 1 saturated heterocycles. The van der Waals surface area contributed by atoms with Gasteiger partial charge in [-0.25, -0.2) is 0 Å². The fraction of sp³-hybridized carbons (Fsp3) is 0.929. The molecule has 0 aromatic rings. The molecular weight excluding hydrogens is 196 g/mol. The van der Waals surface area contributed by atoms with E-state index in [4.69, 9.17) is 0 Å². The van der Waals surface area contributed by atoms with Gasteiger partial charge in [-0.05, 0) is 57.0 Å². The lowest BCUT2D eigenvalue weighted by molar-refractivity contribution is 0.0736. The van der Waals surface area contributed by atoms with Crippen molar-refractivity contribution in [3.05, 3.63) is 0 Å². The zero-order chi connectivity index (χ0) is 11.5. The van der Waals surface area contributed by atoms with E-state index in [0.717, 1.165) is 18.3 Å². The summed E-state index contributed by atoms with van der Waals surface area (Å²) in [4.78, 5) is 2.60. The molecule has 1 aliphatic heterocycles. The number of hydrogen-bond donors (Lipinski definition) is 0. The molecule has 1 heterocycles. The van der Waals surface area contributed by atoms with Gasteiger partial charge in [-0.3, -0.25) is 4.90 Å². The van der Waals surface area contributed by atoms with E-state index < -0.39 is 0 Å². The lowest BCUT2D eigenvalue weighted by Gasteiger charge is -2.42. The first-order valence-electron chi connectivity index (χ1n) is 6.84. The molecule has 0 amide bonds. The summed E-state index contributed by atoms with van der Waals surface area (Å²) in [6, 6.07) is 3.10. The van der Waals surface area contributed by atoms with Gasteiger partial charge in [0.25, 0.3) is 0 Å². The maximum absolute atomic E-state index is 9.25. The lowest BCUT2D eigenvalue weighted by atomic mass is 9.78. The topological polar surface area (TPSA) is 27.0 Å². The minimum Gasteiger partial charge on any atom is -0.299 e. The molecule has 3 unspecified atom stereocenters. The Morgan fingerprint density at radius 1 is 1.00 bits per heavy atom. The Morgan fingerprint density at radius 2 is 1.69 bits per heavy atom. The standard InChI is InChI=1S/C14H24N2/c1-11-5-7-16(8-6-11)14-9-12(2)3-4-13(14)10-15/h11-14H,3-9H2,1-2H3. The molecule has 2 nitrogen and oxygen atoms in total. The zero-order valence-corrected chi connectivity index (χ0v) is 10.7. The number of rotatable bonds is 1. The van der Waals surface area contributed by atoms with Gasteiger partial charge in [0, 0.05) is 6.04 Å². The quantitative estimate of drug-likeness (QED) is 0.679. The minimum absolute atomic E-state index is 0.296. The molecule has 2 heteroatoms. The highest BCUT2D eigenvalue weighted by atomic mass is 15.2. The van der Waals surface area contributed by atoms with Crippen LogP contribution in [-0.2, 0) is 0 Å². The van der Waals surface area contributed by atoms with Crippen LogP contribution in [0.25, 0.3) is 0 Å². The van der Waals surface area contributed by atoms with Crippen molar-refractivity contribution >= 4 is 0 Å². The molecule has 1 aliphatic carbocycles. The van der Waals surface area contributed by atoms with Crippen LogP contribution in [-0.4, -0.2) is 24.0 Å². The second-order valence-corrected chi connectivity index (χ2v) is 5.94. The van der Waals surface area contributed by atoms with Crippen molar-refractivity contribution in [3.63, 3.8) is 0 Å². The van der Waals surface area contributed by atoms with Crippen molar-refractivity contribution in [2.45, 2.75) is 52.0 Å². The van der Waals surface area contributed by atoms with E-state index in [1.807, 2.05) is 0 Å². The van der Waals surface area contributed by atoms with Gasteiger partial charge in [0.15, 0.2) is 0 Å². The largest absolute Gasteiger partial charge is 0.299 e. The number of likely N-dealkylation sites (tertiary alicyclic amines) is 1. The molecule has 0 spiro atoms. The van der Waals surface area contributed by atoms with Crippen LogP contribution in [0.4, 0.5) is 0 Å². The first-order valence-corrected chi connectivity index (χ1v) is 6.84. The second kappa shape index (κ2) is 5.19. The molecule has 3 atom stereocenters. The number of nitrogens with zero attached hydrogens (tertiary/aromatic N) is 2. The van der Waals surface area contributed by atoms with E-state index in [1.54, 1.807) is 0 Å². The lowest BCUT2D eigenvalue weighted by Crippen LogP contribution is -2.47. The molecule has 90 valence electrons. The van der Waals surface area contributed by atoms with Crippen molar-refractivity contribution in [2.24, 2.45) is 17.8 Å². The molecule has 2 fully saturated rings. The average Bonchev–Trinajstić information content (AvgIpc) is 2.30. The van der Waals surface area contributed by atoms with Crippen LogP contribution in [0.15, 0.2) is 0 Å². The Hall–Kier alpha value is -0.550. The highest BCUT2D eigenvalue weighted by Crippen LogP contribution is 2.33. The molecule has 1 saturated carbocycles. The Bertz CT molecular complexity index is 260. The normalized spacial score (nSPS) is 38.2. The Morgan fingerprint density at radius 3 is 2.31 bits per heavy atom. The average molecular weight is 220 g/mol. The smallest absolute Gasteiger partial charge is 0.0672 e. The number of hydrogen-bond acceptors (Lipinski definition) is 2. The van der Waals surface area contributed by atoms with E-state index in [9.17, 15) is 5.26 Å². The van der Waals surface area contributed by atoms with E-state index in [-0.39, 0.29) is 0 Å². The van der Waals surface area contributed by atoms with Gasteiger partial charge in [0.05, 0.1) is 12.0 Å². The first kappa shape index (κ1) is 11.9. The molecule has 16 heavy (non-hydrogen) atoms. The van der Waals surface area contributed by atoms with E-state index in [1.165, 1.54) is 38.8 Å². The van der Waals surface area contributed by atoms with Gasteiger partial charge in [-0.2, -0.15) is 5.26 Å². The van der Waals surface area contributed by atoms with Crippen LogP contribution in [0, 0.1) is 29.1 Å². The van der Waals surface area contributed by atoms with Gasteiger partial charge in [0.2, 0.25) is 0 Å². The van der Waals surface area contributed by atoms with Crippen LogP contribution in [0.2, 0.25) is 0 Å². The second-order valence-electron chi connectivity index (χ2n) is 5.94. The van der Waals surface area contributed by atoms with Gasteiger partial charge < -0.3 is 0 Å². The van der Waals surface area contributed by atoms with Crippen molar-refractivity contribution < 1.29 is 0 Å². The summed E-state index contributed by atoms with van der Waals surface area (Å²) < 4.78 is 0. The van der Waals surface area contributed by atoms with Crippen molar-refractivity contribution in [1.29, 1.82) is 5.26 Å². The van der Waals surface area contributed by atoms with Crippen molar-refractivity contribution in [2.75, 3.05) is 13.1 Å². The van der Waals surface area contributed by atoms with E-state index >= 15 is 0 Å². The zero-order valence-electron chi connectivity index (χ0n) is 10.7. The van der Waals surface area contributed by atoms with Crippen molar-refractivity contribution in [3.8, 4) is 6.07 Å². The molecule has 0 aromatic carbocycles. The first-order chi connectivity index (χ1) is 7.70. The monoisotopic (exact) mass is 220 g/mol. The predicted octanol–water partition coefficient (Wildman–Crippen LogP) is 3.05. The van der Waals surface area contributed by atoms with E-state index in [0.29, 0.717) is 12.0 Å². The van der Waals surface area contributed by atoms with Gasteiger partial charge in [-0.15, -0.1) is 0 Å². The fourth-order valence-corrected chi connectivity index (χ4v) is 3.27. The Kier molecular flexibility index (Phi) is 3.86. The third kappa shape index (κ3) is 2.58. The summed E-state index contributed by atoms with van der Waals surface area (Å²) in [5.74, 6) is 2.00. The minimum atomic E-state index is 0.296. The summed E-state index contributed by atoms with van der Waals surface area (Å²) in [6.45, 7) is 7.13. The number of piperidine rings is 1. The maximum atomic E-state index is 9.25. The predicted molar refractivity (Wildman–Crippen MR) is 65.9 cm³/mol. The summed E-state index contributed by atoms with van der Waals surface area (Å²) in [7, 11) is 0. The summed E-state index contributed by atoms with van der Waals surface area (Å²) >= 11 is 0. The van der Waals surface area contributed by atoms with Crippen LogP contribution in [0.1, 0.15) is 46.0 Å². The Balaban J connectivity index is 1.97. The summed E-state index contributed by atoms with van der Waals surface area (Å²) in [5.41, 5.74) is 0. The molecule has 0 radical (unpaired) electrons. The molecule has 0 bridgehead atoms. The highest BCUT2D eigenvalue weighted by Gasteiger charge is 2.34. The molecule has 2 rings (SSSR count). The molecule has 0 N–H and O–H groups in total. The SMILES string of the molecule is CC1CCN(C2CC(C)CCC2C#N)CC1. The highest BCUT2D eigenvalue weighted by molar-refractivity contribution is 4.97. The van der Waals surface area contributed by atoms with Crippen LogP contribution in [0.3, 0.4) is 0 Å². The summed E-state index contributed by atoms with van der Waals surface area (Å²) in [5, 5.41) is 9.25. The van der Waals surface area contributed by atoms with Crippen LogP contribution < -0.4 is 0 Å². The molecular formula is C14H24N2. The van der Waals surface area contributed by atoms with Crippen LogP contribution >= 0.6 is 0 Å². The van der Waals surface area contributed by atoms with Crippen LogP contribution in [0.5, 0.6) is 0 Å². The van der Waals surface area contributed by atoms with E-state index in [2.05, 4.69) is 24.8 Å². The van der Waals surface area contributed by atoms with Gasteiger partial charge in [-0.1, -0.05) is 13.8 Å². The third-order valence-corrected chi connectivity index (χ3v) is 4.53. The summed E-state index contributed by atoms with van der Waals surface area (Å²) in [6.07, 6.45) is 6.26. The van der Waals surface area contributed by atoms with Crippen molar-refractivity contribution in [1.82, 2.24) is 4.90 Å². The van der Waals surface area contributed by atoms with Gasteiger partial charge >= 0.3 is 0 Å². The third-order valence-electron chi connectivity index (χ3n) is 4.53. The fourth-order valence-electron chi connectivity index (χ4n) is 3.27. The molecule has 0 aromatic heterocycles.